The molecule has 1 aromatic carbocycles. The fourth-order valence-corrected chi connectivity index (χ4v) is 1.94. The molecule has 0 spiro atoms. The molecular formula is C12H12BrClO3. The Balaban J connectivity index is 3.20. The normalized spacial score (nSPS) is 10.1. The third-order valence-corrected chi connectivity index (χ3v) is 2.97. The second-order valence-corrected chi connectivity index (χ2v) is 4.43. The van der Waals surface area contributed by atoms with E-state index >= 15 is 0 Å². The number of ketones is 1. The summed E-state index contributed by atoms with van der Waals surface area (Å²) in [5.74, 6) is -0.311. The molecule has 0 aliphatic rings. The molecule has 0 saturated heterocycles. The van der Waals surface area contributed by atoms with Crippen LogP contribution in [-0.4, -0.2) is 24.2 Å². The predicted octanol–water partition coefficient (Wildman–Crippen LogP) is 3.18. The molecule has 0 aliphatic carbocycles. The molecule has 0 aliphatic heterocycles. The van der Waals surface area contributed by atoms with E-state index in [1.165, 1.54) is 7.11 Å². The standard InChI is InChI=1S/C12H12BrClO3/c1-17-12(16)9-3-2-8(7-14)6-10(9)11(15)4-5-13/h2-3,6H,4-5,7H2,1H3. The molecule has 0 amide bonds. The number of hydrogen-bond acceptors (Lipinski definition) is 3. The van der Waals surface area contributed by atoms with Crippen molar-refractivity contribution in [2.45, 2.75) is 12.3 Å². The van der Waals surface area contributed by atoms with Crippen molar-refractivity contribution in [2.24, 2.45) is 0 Å². The molecule has 0 fully saturated rings. The van der Waals surface area contributed by atoms with Gasteiger partial charge in [-0.15, -0.1) is 11.6 Å². The first kappa shape index (κ1) is 14.2. The SMILES string of the molecule is COC(=O)c1ccc(CCl)cc1C(=O)CCBr. The fraction of sp³-hybridized carbons (Fsp3) is 0.333. The Morgan fingerprint density at radius 2 is 2.06 bits per heavy atom. The molecule has 0 saturated carbocycles. The molecule has 5 heteroatoms. The lowest BCUT2D eigenvalue weighted by Crippen LogP contribution is -2.11. The molecule has 0 unspecified atom stereocenters. The van der Waals surface area contributed by atoms with Crippen LogP contribution in [0.5, 0.6) is 0 Å². The van der Waals surface area contributed by atoms with Crippen LogP contribution in [0.25, 0.3) is 0 Å². The summed E-state index contributed by atoms with van der Waals surface area (Å²) in [5, 5.41) is 0.553. The van der Waals surface area contributed by atoms with E-state index in [0.29, 0.717) is 23.2 Å². The van der Waals surface area contributed by atoms with Crippen molar-refractivity contribution in [2.75, 3.05) is 12.4 Å². The molecule has 0 radical (unpaired) electrons. The van der Waals surface area contributed by atoms with Gasteiger partial charge >= 0.3 is 5.97 Å². The van der Waals surface area contributed by atoms with Crippen LogP contribution in [0, 0.1) is 0 Å². The summed E-state index contributed by atoms with van der Waals surface area (Å²) in [6.45, 7) is 0. The molecule has 0 heterocycles. The Kier molecular flexibility index (Phi) is 5.65. The number of benzene rings is 1. The van der Waals surface area contributed by atoms with Gasteiger partial charge in [-0.25, -0.2) is 4.79 Å². The fourth-order valence-electron chi connectivity index (χ4n) is 1.41. The van der Waals surface area contributed by atoms with Crippen molar-refractivity contribution in [3.05, 3.63) is 34.9 Å². The highest BCUT2D eigenvalue weighted by Crippen LogP contribution is 2.17. The van der Waals surface area contributed by atoms with Crippen LogP contribution in [0.3, 0.4) is 0 Å². The minimum absolute atomic E-state index is 0.103. The van der Waals surface area contributed by atoms with Crippen molar-refractivity contribution in [3.8, 4) is 0 Å². The highest BCUT2D eigenvalue weighted by molar-refractivity contribution is 9.09. The van der Waals surface area contributed by atoms with E-state index in [0.717, 1.165) is 5.56 Å². The van der Waals surface area contributed by atoms with E-state index in [4.69, 9.17) is 11.6 Å². The van der Waals surface area contributed by atoms with Crippen LogP contribution in [0.1, 0.15) is 32.7 Å². The van der Waals surface area contributed by atoms with Crippen molar-refractivity contribution in [3.63, 3.8) is 0 Å². The average Bonchev–Trinajstić information content (AvgIpc) is 2.37. The van der Waals surface area contributed by atoms with Crippen LogP contribution in [0.2, 0.25) is 0 Å². The molecule has 0 atom stereocenters. The predicted molar refractivity (Wildman–Crippen MR) is 70.1 cm³/mol. The maximum absolute atomic E-state index is 11.9. The number of Topliss-reactive ketones (excluding diaryl/α,β-unsaturated/α-hetero) is 1. The number of hydrogen-bond donors (Lipinski definition) is 0. The number of rotatable bonds is 5. The minimum atomic E-state index is -0.510. The number of halogens is 2. The first-order valence-electron chi connectivity index (χ1n) is 5.00. The van der Waals surface area contributed by atoms with Gasteiger partial charge in [-0.2, -0.15) is 0 Å². The van der Waals surface area contributed by atoms with Crippen molar-refractivity contribution in [1.29, 1.82) is 0 Å². The van der Waals surface area contributed by atoms with E-state index in [1.807, 2.05) is 0 Å². The molecule has 0 bridgehead atoms. The van der Waals surface area contributed by atoms with Gasteiger partial charge in [0.05, 0.1) is 12.7 Å². The van der Waals surface area contributed by atoms with Crippen LogP contribution >= 0.6 is 27.5 Å². The van der Waals surface area contributed by atoms with Gasteiger partial charge in [0, 0.05) is 23.2 Å². The highest BCUT2D eigenvalue weighted by Gasteiger charge is 2.17. The third-order valence-electron chi connectivity index (χ3n) is 2.27. The molecule has 17 heavy (non-hydrogen) atoms. The average molecular weight is 320 g/mol. The van der Waals surface area contributed by atoms with Gasteiger partial charge in [-0.3, -0.25) is 4.79 Å². The molecule has 1 rings (SSSR count). The first-order chi connectivity index (χ1) is 8.13. The second kappa shape index (κ2) is 6.77. The maximum Gasteiger partial charge on any atom is 0.338 e. The molecular weight excluding hydrogens is 307 g/mol. The van der Waals surface area contributed by atoms with Crippen LogP contribution in [-0.2, 0) is 10.6 Å². The van der Waals surface area contributed by atoms with Crippen LogP contribution in [0.4, 0.5) is 0 Å². The first-order valence-corrected chi connectivity index (χ1v) is 6.66. The van der Waals surface area contributed by atoms with Crippen molar-refractivity contribution >= 4 is 39.3 Å². The van der Waals surface area contributed by atoms with Crippen molar-refractivity contribution in [1.82, 2.24) is 0 Å². The Labute approximate surface area is 113 Å². The lowest BCUT2D eigenvalue weighted by molar-refractivity contribution is 0.0597. The summed E-state index contributed by atoms with van der Waals surface area (Å²) >= 11 is 8.91. The van der Waals surface area contributed by atoms with E-state index in [2.05, 4.69) is 20.7 Å². The van der Waals surface area contributed by atoms with Crippen LogP contribution in [0.15, 0.2) is 18.2 Å². The summed E-state index contributed by atoms with van der Waals surface area (Å²) < 4.78 is 4.64. The van der Waals surface area contributed by atoms with E-state index in [1.54, 1.807) is 18.2 Å². The minimum Gasteiger partial charge on any atom is -0.465 e. The summed E-state index contributed by atoms with van der Waals surface area (Å²) in [6.07, 6.45) is 0.329. The zero-order chi connectivity index (χ0) is 12.8. The van der Waals surface area contributed by atoms with Gasteiger partial charge < -0.3 is 4.74 Å². The monoisotopic (exact) mass is 318 g/mol. The van der Waals surface area contributed by atoms with E-state index in [9.17, 15) is 9.59 Å². The summed E-state index contributed by atoms with van der Waals surface area (Å²) in [4.78, 5) is 23.4. The molecule has 1 aromatic rings. The third kappa shape index (κ3) is 3.54. The van der Waals surface area contributed by atoms with Crippen molar-refractivity contribution < 1.29 is 14.3 Å². The van der Waals surface area contributed by atoms with E-state index < -0.39 is 5.97 Å². The second-order valence-electron chi connectivity index (χ2n) is 3.37. The summed E-state index contributed by atoms with van der Waals surface area (Å²) in [6, 6.07) is 4.93. The number of alkyl halides is 2. The Bertz CT molecular complexity index is 432. The number of carbonyl (C=O) groups excluding carboxylic acids is 2. The number of ether oxygens (including phenoxy) is 1. The summed E-state index contributed by atoms with van der Waals surface area (Å²) in [7, 11) is 1.29. The van der Waals surface area contributed by atoms with Gasteiger partial charge in [0.25, 0.3) is 0 Å². The highest BCUT2D eigenvalue weighted by atomic mass is 79.9. The number of methoxy groups -OCH3 is 1. The molecule has 0 aromatic heterocycles. The Hall–Kier alpha value is -0.870. The Morgan fingerprint density at radius 1 is 1.35 bits per heavy atom. The zero-order valence-electron chi connectivity index (χ0n) is 9.33. The largest absolute Gasteiger partial charge is 0.465 e. The lowest BCUT2D eigenvalue weighted by Gasteiger charge is -2.08. The zero-order valence-corrected chi connectivity index (χ0v) is 11.7. The molecule has 92 valence electrons. The molecule has 0 N–H and O–H groups in total. The van der Waals surface area contributed by atoms with E-state index in [-0.39, 0.29) is 11.3 Å². The van der Waals surface area contributed by atoms with Crippen LogP contribution < -0.4 is 0 Å². The van der Waals surface area contributed by atoms with Gasteiger partial charge in [-0.1, -0.05) is 22.0 Å². The summed E-state index contributed by atoms with van der Waals surface area (Å²) in [5.41, 5.74) is 1.46. The smallest absolute Gasteiger partial charge is 0.338 e. The van der Waals surface area contributed by atoms with Gasteiger partial charge in [0.2, 0.25) is 0 Å². The lowest BCUT2D eigenvalue weighted by atomic mass is 9.99. The van der Waals surface area contributed by atoms with Gasteiger partial charge in [-0.05, 0) is 17.7 Å². The number of esters is 1. The molecule has 3 nitrogen and oxygen atoms in total. The quantitative estimate of drug-likeness (QED) is 0.475. The van der Waals surface area contributed by atoms with Gasteiger partial charge in [0.1, 0.15) is 0 Å². The Morgan fingerprint density at radius 3 is 2.59 bits per heavy atom. The number of carbonyl (C=O) groups is 2. The topological polar surface area (TPSA) is 43.4 Å². The maximum atomic E-state index is 11.9. The van der Waals surface area contributed by atoms with Gasteiger partial charge in [0.15, 0.2) is 5.78 Å².